The molecule has 4 heteroatoms. The van der Waals surface area contributed by atoms with E-state index in [2.05, 4.69) is 0 Å². The lowest BCUT2D eigenvalue weighted by Gasteiger charge is -2.19. The molecular formula is C14H17NO3. The van der Waals surface area contributed by atoms with Gasteiger partial charge in [-0.15, -0.1) is 0 Å². The van der Waals surface area contributed by atoms with Gasteiger partial charge < -0.3 is 9.84 Å². The van der Waals surface area contributed by atoms with Crippen LogP contribution < -0.4 is 0 Å². The van der Waals surface area contributed by atoms with Crippen molar-refractivity contribution in [2.75, 3.05) is 0 Å². The molecule has 3 rings (SSSR count). The molecule has 1 heterocycles. The van der Waals surface area contributed by atoms with Crippen molar-refractivity contribution in [3.05, 3.63) is 35.9 Å². The highest BCUT2D eigenvalue weighted by Gasteiger charge is 2.54. The predicted molar refractivity (Wildman–Crippen MR) is 66.3 cm³/mol. The van der Waals surface area contributed by atoms with E-state index in [0.29, 0.717) is 6.61 Å². The molecule has 96 valence electrons. The molecular weight excluding hydrogens is 230 g/mol. The zero-order valence-electron chi connectivity index (χ0n) is 10.2. The van der Waals surface area contributed by atoms with Gasteiger partial charge in [0, 0.05) is 0 Å². The smallest absolute Gasteiger partial charge is 0.407 e. The summed E-state index contributed by atoms with van der Waals surface area (Å²) in [5, 5.41) is 8.96. The first-order valence-corrected chi connectivity index (χ1v) is 6.42. The standard InChI is InChI=1S/C14H17NO3/c16-14(17)15-12-7-6-11(8-13(12)15)18-9-10-4-2-1-3-5-10/h1-5,11-13H,6-9H2,(H,16,17)/t11-,12-,13+,15?/m1/s1. The molecule has 1 aromatic rings. The first kappa shape index (κ1) is 11.5. The minimum Gasteiger partial charge on any atom is -0.465 e. The maximum atomic E-state index is 10.9. The fraction of sp³-hybridized carbons (Fsp3) is 0.500. The minimum absolute atomic E-state index is 0.204. The highest BCUT2D eigenvalue weighted by Crippen LogP contribution is 2.41. The van der Waals surface area contributed by atoms with Crippen molar-refractivity contribution >= 4 is 6.09 Å². The van der Waals surface area contributed by atoms with Crippen LogP contribution in [-0.2, 0) is 11.3 Å². The van der Waals surface area contributed by atoms with E-state index in [1.54, 1.807) is 4.90 Å². The third-order valence-corrected chi connectivity index (χ3v) is 3.91. The molecule has 1 N–H and O–H groups in total. The number of carboxylic acid groups (broad SMARTS) is 1. The minimum atomic E-state index is -0.784. The Morgan fingerprint density at radius 2 is 2.06 bits per heavy atom. The largest absolute Gasteiger partial charge is 0.465 e. The van der Waals surface area contributed by atoms with Crippen LogP contribution in [0.3, 0.4) is 0 Å². The lowest BCUT2D eigenvalue weighted by molar-refractivity contribution is 0.0219. The summed E-state index contributed by atoms with van der Waals surface area (Å²) < 4.78 is 5.87. The Hall–Kier alpha value is -1.55. The number of ether oxygens (including phenoxy) is 1. The summed E-state index contributed by atoms with van der Waals surface area (Å²) >= 11 is 0. The van der Waals surface area contributed by atoms with Crippen molar-refractivity contribution in [1.82, 2.24) is 4.90 Å². The Morgan fingerprint density at radius 3 is 2.78 bits per heavy atom. The summed E-state index contributed by atoms with van der Waals surface area (Å²) in [6, 6.07) is 10.6. The molecule has 2 aliphatic rings. The van der Waals surface area contributed by atoms with E-state index in [9.17, 15) is 4.79 Å². The van der Waals surface area contributed by atoms with Gasteiger partial charge in [0.1, 0.15) is 0 Å². The second-order valence-corrected chi connectivity index (χ2v) is 5.06. The van der Waals surface area contributed by atoms with Crippen molar-refractivity contribution in [1.29, 1.82) is 0 Å². The number of fused-ring (bicyclic) bond motifs is 1. The Balaban J connectivity index is 1.50. The van der Waals surface area contributed by atoms with E-state index < -0.39 is 6.09 Å². The van der Waals surface area contributed by atoms with Crippen molar-refractivity contribution in [3.63, 3.8) is 0 Å². The number of benzene rings is 1. The topological polar surface area (TPSA) is 49.5 Å². The van der Waals surface area contributed by atoms with E-state index in [-0.39, 0.29) is 18.2 Å². The maximum Gasteiger partial charge on any atom is 0.407 e. The Labute approximate surface area is 106 Å². The SMILES string of the molecule is O=C(O)N1[C@@H]2CC[C@@H](OCc3ccccc3)C[C@@H]21. The van der Waals surface area contributed by atoms with E-state index in [0.717, 1.165) is 19.3 Å². The van der Waals surface area contributed by atoms with Gasteiger partial charge in [-0.3, -0.25) is 4.90 Å². The summed E-state index contributed by atoms with van der Waals surface area (Å²) in [6.45, 7) is 0.621. The van der Waals surface area contributed by atoms with E-state index in [4.69, 9.17) is 9.84 Å². The van der Waals surface area contributed by atoms with Gasteiger partial charge in [0.2, 0.25) is 0 Å². The van der Waals surface area contributed by atoms with E-state index in [1.807, 2.05) is 30.3 Å². The average Bonchev–Trinajstić information content (AvgIpc) is 3.11. The molecule has 1 saturated carbocycles. The van der Waals surface area contributed by atoms with Crippen LogP contribution in [0, 0.1) is 0 Å². The fourth-order valence-electron chi connectivity index (χ4n) is 2.90. The molecule has 1 aliphatic carbocycles. The van der Waals surface area contributed by atoms with Gasteiger partial charge in [-0.1, -0.05) is 30.3 Å². The second-order valence-electron chi connectivity index (χ2n) is 5.06. The first-order valence-electron chi connectivity index (χ1n) is 6.42. The molecule has 0 spiro atoms. The molecule has 18 heavy (non-hydrogen) atoms. The van der Waals surface area contributed by atoms with Gasteiger partial charge in [0.15, 0.2) is 0 Å². The number of hydrogen-bond donors (Lipinski definition) is 1. The van der Waals surface area contributed by atoms with Crippen LogP contribution in [0.2, 0.25) is 0 Å². The zero-order chi connectivity index (χ0) is 12.5. The molecule has 1 amide bonds. The maximum absolute atomic E-state index is 10.9. The Bertz CT molecular complexity index is 434. The van der Waals surface area contributed by atoms with Crippen LogP contribution in [0.5, 0.6) is 0 Å². The molecule has 3 atom stereocenters. The molecule has 0 radical (unpaired) electrons. The highest BCUT2D eigenvalue weighted by atomic mass is 16.5. The van der Waals surface area contributed by atoms with E-state index >= 15 is 0 Å². The van der Waals surface area contributed by atoms with Crippen LogP contribution in [0.4, 0.5) is 4.79 Å². The van der Waals surface area contributed by atoms with Crippen molar-refractivity contribution in [2.24, 2.45) is 0 Å². The molecule has 2 fully saturated rings. The van der Waals surface area contributed by atoms with Gasteiger partial charge >= 0.3 is 6.09 Å². The van der Waals surface area contributed by atoms with Crippen molar-refractivity contribution in [2.45, 2.75) is 44.1 Å². The van der Waals surface area contributed by atoms with Gasteiger partial charge in [-0.05, 0) is 24.8 Å². The van der Waals surface area contributed by atoms with Gasteiger partial charge in [0.25, 0.3) is 0 Å². The van der Waals surface area contributed by atoms with Crippen LogP contribution in [0.25, 0.3) is 0 Å². The predicted octanol–water partition coefficient (Wildman–Crippen LogP) is 2.49. The lowest BCUT2D eigenvalue weighted by Crippen LogP contribution is -2.21. The normalized spacial score (nSPS) is 29.8. The zero-order valence-corrected chi connectivity index (χ0v) is 10.2. The fourth-order valence-corrected chi connectivity index (χ4v) is 2.90. The third kappa shape index (κ3) is 2.20. The van der Waals surface area contributed by atoms with E-state index in [1.165, 1.54) is 5.56 Å². The Kier molecular flexibility index (Phi) is 2.96. The average molecular weight is 247 g/mol. The van der Waals surface area contributed by atoms with Crippen molar-refractivity contribution in [3.8, 4) is 0 Å². The number of rotatable bonds is 3. The lowest BCUT2D eigenvalue weighted by atomic mass is 9.98. The summed E-state index contributed by atoms with van der Waals surface area (Å²) in [6.07, 6.45) is 2.18. The molecule has 4 nitrogen and oxygen atoms in total. The molecule has 1 aliphatic heterocycles. The van der Waals surface area contributed by atoms with Crippen LogP contribution >= 0.6 is 0 Å². The first-order chi connectivity index (χ1) is 8.75. The summed E-state index contributed by atoms with van der Waals surface area (Å²) in [7, 11) is 0. The molecule has 1 saturated heterocycles. The van der Waals surface area contributed by atoms with Gasteiger partial charge in [-0.25, -0.2) is 4.79 Å². The quantitative estimate of drug-likeness (QED) is 0.835. The number of hydrogen-bond acceptors (Lipinski definition) is 2. The van der Waals surface area contributed by atoms with Gasteiger partial charge in [0.05, 0.1) is 24.8 Å². The van der Waals surface area contributed by atoms with Crippen LogP contribution in [0.1, 0.15) is 24.8 Å². The third-order valence-electron chi connectivity index (χ3n) is 3.91. The molecule has 1 aromatic carbocycles. The number of nitrogens with zero attached hydrogens (tertiary/aromatic N) is 1. The molecule has 0 aromatic heterocycles. The monoisotopic (exact) mass is 247 g/mol. The molecule has 0 bridgehead atoms. The van der Waals surface area contributed by atoms with Crippen LogP contribution in [0.15, 0.2) is 30.3 Å². The summed E-state index contributed by atoms with van der Waals surface area (Å²) in [5.41, 5.74) is 1.17. The highest BCUT2D eigenvalue weighted by molar-refractivity contribution is 5.69. The number of likely N-dealkylation sites (tertiary alicyclic amines) is 1. The number of carbonyl (C=O) groups is 1. The summed E-state index contributed by atoms with van der Waals surface area (Å²) in [5.74, 6) is 0. The number of amides is 1. The summed E-state index contributed by atoms with van der Waals surface area (Å²) in [4.78, 5) is 12.5. The van der Waals surface area contributed by atoms with Gasteiger partial charge in [-0.2, -0.15) is 0 Å². The Morgan fingerprint density at radius 1 is 1.28 bits per heavy atom. The molecule has 0 unspecified atom stereocenters. The van der Waals surface area contributed by atoms with Crippen molar-refractivity contribution < 1.29 is 14.6 Å². The second kappa shape index (κ2) is 4.61. The van der Waals surface area contributed by atoms with Crippen LogP contribution in [-0.4, -0.2) is 34.3 Å².